The van der Waals surface area contributed by atoms with Gasteiger partial charge in [-0.1, -0.05) is 23.8 Å². The molecule has 0 bridgehead atoms. The zero-order valence-electron chi connectivity index (χ0n) is 14.0. The van der Waals surface area contributed by atoms with E-state index >= 15 is 0 Å². The third-order valence-corrected chi connectivity index (χ3v) is 4.96. The summed E-state index contributed by atoms with van der Waals surface area (Å²) in [7, 11) is 0. The first-order valence-electron chi connectivity index (χ1n) is 7.83. The Labute approximate surface area is 145 Å². The molecule has 0 aliphatic rings. The number of nitrogens with zero attached hydrogens (tertiary/aromatic N) is 3. The lowest BCUT2D eigenvalue weighted by atomic mass is 10.2. The molecule has 24 heavy (non-hydrogen) atoms. The minimum atomic E-state index is -0.200. The van der Waals surface area contributed by atoms with Gasteiger partial charge in [0.15, 0.2) is 11.5 Å². The minimum Gasteiger partial charge on any atom is -0.346 e. The van der Waals surface area contributed by atoms with E-state index in [-0.39, 0.29) is 11.9 Å². The maximum Gasteiger partial charge on any atom is 0.230 e. The summed E-state index contributed by atoms with van der Waals surface area (Å²) in [6.45, 7) is 6.04. The molecule has 0 saturated carbocycles. The number of pyridine rings is 1. The van der Waals surface area contributed by atoms with Crippen LogP contribution in [0.4, 0.5) is 0 Å². The number of benzene rings is 1. The molecule has 1 unspecified atom stereocenters. The van der Waals surface area contributed by atoms with Gasteiger partial charge < -0.3 is 5.32 Å². The molecule has 3 rings (SSSR count). The second-order valence-corrected chi connectivity index (χ2v) is 6.85. The molecule has 6 heteroatoms. The van der Waals surface area contributed by atoms with Crippen molar-refractivity contribution in [2.75, 3.05) is 5.75 Å². The molecule has 0 aliphatic heterocycles. The van der Waals surface area contributed by atoms with Gasteiger partial charge in [-0.3, -0.25) is 9.20 Å². The second kappa shape index (κ2) is 7.05. The van der Waals surface area contributed by atoms with Crippen LogP contribution in [0.5, 0.6) is 0 Å². The number of carbonyl (C=O) groups excluding carboxylic acids is 1. The highest BCUT2D eigenvalue weighted by Crippen LogP contribution is 2.23. The summed E-state index contributed by atoms with van der Waals surface area (Å²) in [5, 5.41) is 11.3. The summed E-state index contributed by atoms with van der Waals surface area (Å²) in [5.74, 6) is 1.10. The van der Waals surface area contributed by atoms with Crippen LogP contribution in [-0.2, 0) is 4.79 Å². The molecule has 1 atom stereocenters. The van der Waals surface area contributed by atoms with Gasteiger partial charge in [0.1, 0.15) is 0 Å². The molecule has 1 amide bonds. The molecule has 2 heterocycles. The molecular weight excluding hydrogens is 320 g/mol. The molecule has 2 aromatic heterocycles. The van der Waals surface area contributed by atoms with Gasteiger partial charge in [0, 0.05) is 11.1 Å². The second-order valence-electron chi connectivity index (χ2n) is 5.83. The number of aromatic nitrogens is 3. The van der Waals surface area contributed by atoms with Crippen molar-refractivity contribution in [1.82, 2.24) is 19.9 Å². The van der Waals surface area contributed by atoms with Crippen molar-refractivity contribution in [3.05, 3.63) is 59.5 Å². The Bertz CT molecular complexity index is 874. The molecule has 0 radical (unpaired) electrons. The summed E-state index contributed by atoms with van der Waals surface area (Å²) >= 11 is 1.56. The number of hydrogen-bond acceptors (Lipinski definition) is 4. The maximum absolute atomic E-state index is 12.3. The van der Waals surface area contributed by atoms with Crippen LogP contribution in [0.25, 0.3) is 5.65 Å². The number of amides is 1. The van der Waals surface area contributed by atoms with E-state index in [1.807, 2.05) is 35.7 Å². The van der Waals surface area contributed by atoms with Gasteiger partial charge in [-0.15, -0.1) is 22.0 Å². The predicted octanol–water partition coefficient (Wildman–Crippen LogP) is 3.32. The first-order valence-corrected chi connectivity index (χ1v) is 8.82. The molecular formula is C18H20N4OS. The van der Waals surface area contributed by atoms with Gasteiger partial charge in [-0.05, 0) is 44.5 Å². The fourth-order valence-corrected chi connectivity index (χ4v) is 3.44. The van der Waals surface area contributed by atoms with Gasteiger partial charge in [-0.2, -0.15) is 0 Å². The zero-order valence-corrected chi connectivity index (χ0v) is 14.8. The Morgan fingerprint density at radius 2 is 2.08 bits per heavy atom. The highest BCUT2D eigenvalue weighted by Gasteiger charge is 2.16. The molecule has 124 valence electrons. The van der Waals surface area contributed by atoms with Crippen molar-refractivity contribution < 1.29 is 4.79 Å². The van der Waals surface area contributed by atoms with Crippen LogP contribution in [0.3, 0.4) is 0 Å². The predicted molar refractivity (Wildman–Crippen MR) is 96.2 cm³/mol. The van der Waals surface area contributed by atoms with Crippen molar-refractivity contribution in [2.24, 2.45) is 0 Å². The number of rotatable bonds is 5. The fourth-order valence-electron chi connectivity index (χ4n) is 2.51. The van der Waals surface area contributed by atoms with E-state index in [9.17, 15) is 4.79 Å². The SMILES string of the molecule is Cc1ccc(C)c(SCC(=O)NC(C)c2nnc3ccccn23)c1. The van der Waals surface area contributed by atoms with Crippen LogP contribution in [0.15, 0.2) is 47.5 Å². The maximum atomic E-state index is 12.3. The molecule has 5 nitrogen and oxygen atoms in total. The molecule has 1 aromatic carbocycles. The number of nitrogens with one attached hydrogen (secondary N) is 1. The summed E-state index contributed by atoms with van der Waals surface area (Å²) in [6, 6.07) is 11.8. The van der Waals surface area contributed by atoms with E-state index in [2.05, 4.69) is 47.6 Å². The first kappa shape index (κ1) is 16.5. The van der Waals surface area contributed by atoms with Gasteiger partial charge in [-0.25, -0.2) is 0 Å². The van der Waals surface area contributed by atoms with Gasteiger partial charge in [0.05, 0.1) is 11.8 Å². The molecule has 3 aromatic rings. The van der Waals surface area contributed by atoms with Crippen molar-refractivity contribution in [3.8, 4) is 0 Å². The number of hydrogen-bond donors (Lipinski definition) is 1. The monoisotopic (exact) mass is 340 g/mol. The molecule has 0 aliphatic carbocycles. The van der Waals surface area contributed by atoms with E-state index in [1.165, 1.54) is 11.1 Å². The van der Waals surface area contributed by atoms with E-state index < -0.39 is 0 Å². The average Bonchev–Trinajstić information content (AvgIpc) is 3.00. The van der Waals surface area contributed by atoms with Crippen LogP contribution in [0.1, 0.15) is 29.9 Å². The van der Waals surface area contributed by atoms with Crippen LogP contribution in [0.2, 0.25) is 0 Å². The smallest absolute Gasteiger partial charge is 0.230 e. The average molecular weight is 340 g/mol. The third-order valence-electron chi connectivity index (χ3n) is 3.81. The molecule has 1 N–H and O–H groups in total. The van der Waals surface area contributed by atoms with Crippen LogP contribution in [-0.4, -0.2) is 26.3 Å². The summed E-state index contributed by atoms with van der Waals surface area (Å²) in [5.41, 5.74) is 3.17. The summed E-state index contributed by atoms with van der Waals surface area (Å²) in [4.78, 5) is 13.4. The largest absolute Gasteiger partial charge is 0.346 e. The van der Waals surface area contributed by atoms with Crippen molar-refractivity contribution in [3.63, 3.8) is 0 Å². The van der Waals surface area contributed by atoms with Crippen molar-refractivity contribution >= 4 is 23.3 Å². The Morgan fingerprint density at radius 1 is 1.25 bits per heavy atom. The lowest BCUT2D eigenvalue weighted by molar-refractivity contribution is -0.119. The van der Waals surface area contributed by atoms with E-state index in [4.69, 9.17) is 0 Å². The highest BCUT2D eigenvalue weighted by molar-refractivity contribution is 8.00. The molecule has 0 spiro atoms. The van der Waals surface area contributed by atoms with Crippen molar-refractivity contribution in [2.45, 2.75) is 31.7 Å². The van der Waals surface area contributed by atoms with Gasteiger partial charge in [0.2, 0.25) is 5.91 Å². The van der Waals surface area contributed by atoms with Gasteiger partial charge in [0.25, 0.3) is 0 Å². The number of thioether (sulfide) groups is 1. The quantitative estimate of drug-likeness (QED) is 0.724. The Balaban J connectivity index is 1.63. The number of fused-ring (bicyclic) bond motifs is 1. The van der Waals surface area contributed by atoms with E-state index in [0.717, 1.165) is 16.4 Å². The first-order chi connectivity index (χ1) is 11.5. The van der Waals surface area contributed by atoms with Crippen LogP contribution < -0.4 is 5.32 Å². The van der Waals surface area contributed by atoms with Gasteiger partial charge >= 0.3 is 0 Å². The fraction of sp³-hybridized carbons (Fsp3) is 0.278. The van der Waals surface area contributed by atoms with Crippen LogP contribution >= 0.6 is 11.8 Å². The Morgan fingerprint density at radius 3 is 2.92 bits per heavy atom. The molecule has 0 saturated heterocycles. The molecule has 0 fully saturated rings. The number of carbonyl (C=O) groups is 1. The zero-order chi connectivity index (χ0) is 17.1. The summed E-state index contributed by atoms with van der Waals surface area (Å²) < 4.78 is 1.89. The van der Waals surface area contributed by atoms with E-state index in [1.54, 1.807) is 11.8 Å². The Hall–Kier alpha value is -2.34. The minimum absolute atomic E-state index is 0.0129. The lowest BCUT2D eigenvalue weighted by Gasteiger charge is -2.13. The Kier molecular flexibility index (Phi) is 4.85. The highest BCUT2D eigenvalue weighted by atomic mass is 32.2. The number of aryl methyl sites for hydroxylation is 2. The topological polar surface area (TPSA) is 59.3 Å². The normalized spacial score (nSPS) is 12.3. The lowest BCUT2D eigenvalue weighted by Crippen LogP contribution is -2.29. The standard InChI is InChI=1S/C18H20N4OS/c1-12-7-8-13(2)15(10-12)24-11-17(23)19-14(3)18-21-20-16-6-4-5-9-22(16)18/h4-10,14H,11H2,1-3H3,(H,19,23). The van der Waals surface area contributed by atoms with Crippen molar-refractivity contribution in [1.29, 1.82) is 0 Å². The summed E-state index contributed by atoms with van der Waals surface area (Å²) in [6.07, 6.45) is 1.90. The van der Waals surface area contributed by atoms with E-state index in [0.29, 0.717) is 5.75 Å². The third kappa shape index (κ3) is 3.59. The van der Waals surface area contributed by atoms with Crippen LogP contribution in [0, 0.1) is 13.8 Å².